The SMILES string of the molecule is c1ccc(-c2cc(-n3c4ccccc4c4ccc5c6ccccc6n(-c6ccccc6)c5c43)nc(-c3ccccc3)n2)cc1. The van der Waals surface area contributed by atoms with Gasteiger partial charge in [-0.05, 0) is 24.3 Å². The summed E-state index contributed by atoms with van der Waals surface area (Å²) in [5.41, 5.74) is 8.62. The van der Waals surface area contributed by atoms with Crippen LogP contribution in [0.1, 0.15) is 0 Å². The second-order valence-electron chi connectivity index (χ2n) is 11.1. The van der Waals surface area contributed by atoms with E-state index in [0.29, 0.717) is 5.82 Å². The molecule has 4 heteroatoms. The van der Waals surface area contributed by atoms with Crippen molar-refractivity contribution in [1.82, 2.24) is 19.1 Å². The van der Waals surface area contributed by atoms with Gasteiger partial charge in [-0.25, -0.2) is 9.97 Å². The molecule has 0 fully saturated rings. The van der Waals surface area contributed by atoms with Crippen LogP contribution < -0.4 is 0 Å². The van der Waals surface area contributed by atoms with Gasteiger partial charge in [0.15, 0.2) is 5.82 Å². The lowest BCUT2D eigenvalue weighted by molar-refractivity contribution is 1.05. The van der Waals surface area contributed by atoms with Crippen LogP contribution in [0.3, 0.4) is 0 Å². The summed E-state index contributed by atoms with van der Waals surface area (Å²) in [6.07, 6.45) is 0. The minimum Gasteiger partial charge on any atom is -0.307 e. The van der Waals surface area contributed by atoms with Gasteiger partial charge in [0.2, 0.25) is 0 Å². The normalized spacial score (nSPS) is 11.6. The van der Waals surface area contributed by atoms with E-state index in [2.05, 4.69) is 143 Å². The lowest BCUT2D eigenvalue weighted by Crippen LogP contribution is -2.03. The van der Waals surface area contributed by atoms with Crippen LogP contribution in [0.4, 0.5) is 0 Å². The molecule has 0 aliphatic carbocycles. The third-order valence-corrected chi connectivity index (χ3v) is 8.53. The van der Waals surface area contributed by atoms with Crippen molar-refractivity contribution in [2.24, 2.45) is 0 Å². The third kappa shape index (κ3) is 3.71. The van der Waals surface area contributed by atoms with Crippen molar-refractivity contribution >= 4 is 43.6 Å². The summed E-state index contributed by atoms with van der Waals surface area (Å²) in [5, 5.41) is 4.81. The lowest BCUT2D eigenvalue weighted by Gasteiger charge is -2.14. The zero-order valence-electron chi connectivity index (χ0n) is 23.8. The molecular weight excluding hydrogens is 536 g/mol. The first-order valence-corrected chi connectivity index (χ1v) is 14.9. The van der Waals surface area contributed by atoms with Gasteiger partial charge in [-0.3, -0.25) is 4.57 Å². The Morgan fingerprint density at radius 3 is 1.52 bits per heavy atom. The van der Waals surface area contributed by atoms with Crippen molar-refractivity contribution in [1.29, 1.82) is 0 Å². The number of nitrogens with zero attached hydrogens (tertiary/aromatic N) is 4. The maximum Gasteiger partial charge on any atom is 0.162 e. The number of hydrogen-bond donors (Lipinski definition) is 0. The Morgan fingerprint density at radius 1 is 0.386 bits per heavy atom. The fourth-order valence-corrected chi connectivity index (χ4v) is 6.61. The zero-order valence-corrected chi connectivity index (χ0v) is 23.8. The van der Waals surface area contributed by atoms with Gasteiger partial charge < -0.3 is 4.57 Å². The average molecular weight is 563 g/mol. The van der Waals surface area contributed by atoms with E-state index >= 15 is 0 Å². The van der Waals surface area contributed by atoms with Gasteiger partial charge in [-0.15, -0.1) is 0 Å². The molecule has 3 heterocycles. The molecule has 0 aliphatic rings. The topological polar surface area (TPSA) is 35.6 Å². The van der Waals surface area contributed by atoms with Crippen molar-refractivity contribution in [3.8, 4) is 34.2 Å². The van der Waals surface area contributed by atoms with Crippen LogP contribution in [-0.4, -0.2) is 19.1 Å². The maximum absolute atomic E-state index is 5.28. The van der Waals surface area contributed by atoms with Gasteiger partial charge in [0.1, 0.15) is 5.82 Å². The summed E-state index contributed by atoms with van der Waals surface area (Å²) in [6.45, 7) is 0. The van der Waals surface area contributed by atoms with Crippen LogP contribution in [0.25, 0.3) is 77.8 Å². The summed E-state index contributed by atoms with van der Waals surface area (Å²) < 4.78 is 4.74. The zero-order chi connectivity index (χ0) is 29.0. The molecule has 0 amide bonds. The molecule has 9 rings (SSSR count). The highest BCUT2D eigenvalue weighted by Crippen LogP contribution is 2.41. The molecule has 0 saturated carbocycles. The molecule has 0 unspecified atom stereocenters. The van der Waals surface area contributed by atoms with Crippen molar-refractivity contribution in [2.45, 2.75) is 0 Å². The van der Waals surface area contributed by atoms with E-state index in [0.717, 1.165) is 44.9 Å². The first kappa shape index (κ1) is 24.6. The number of benzene rings is 6. The Bertz CT molecular complexity index is 2420. The fourth-order valence-electron chi connectivity index (χ4n) is 6.61. The first-order valence-electron chi connectivity index (χ1n) is 14.9. The van der Waals surface area contributed by atoms with Crippen molar-refractivity contribution in [3.05, 3.63) is 158 Å². The number of hydrogen-bond acceptors (Lipinski definition) is 2. The molecule has 9 aromatic rings. The van der Waals surface area contributed by atoms with Gasteiger partial charge in [-0.2, -0.15) is 0 Å². The van der Waals surface area contributed by atoms with E-state index in [1.807, 2.05) is 24.3 Å². The number of rotatable bonds is 4. The minimum absolute atomic E-state index is 0.698. The molecule has 3 aromatic heterocycles. The summed E-state index contributed by atoms with van der Waals surface area (Å²) in [6, 6.07) is 55.3. The van der Waals surface area contributed by atoms with Crippen LogP contribution in [0.15, 0.2) is 158 Å². The second kappa shape index (κ2) is 9.79. The van der Waals surface area contributed by atoms with E-state index in [1.165, 1.54) is 27.1 Å². The highest BCUT2D eigenvalue weighted by molar-refractivity contribution is 6.23. The lowest BCUT2D eigenvalue weighted by atomic mass is 10.1. The van der Waals surface area contributed by atoms with E-state index in [4.69, 9.17) is 9.97 Å². The van der Waals surface area contributed by atoms with Crippen LogP contribution in [0.2, 0.25) is 0 Å². The van der Waals surface area contributed by atoms with Crippen molar-refractivity contribution < 1.29 is 0 Å². The predicted octanol–water partition coefficient (Wildman–Crippen LogP) is 10.0. The van der Waals surface area contributed by atoms with E-state index in [9.17, 15) is 0 Å². The monoisotopic (exact) mass is 562 g/mol. The standard InChI is InChI=1S/C40H26N4/c1-4-14-27(15-5-1)34-26-37(42-40(41-34)28-16-6-2-7-17-28)44-36-23-13-11-21-31(36)33-25-24-32-30-20-10-12-22-35(30)43(38(32)39(33)44)29-18-8-3-9-19-29/h1-26H. The molecular formula is C40H26N4. The quantitative estimate of drug-likeness (QED) is 0.214. The van der Waals surface area contributed by atoms with Gasteiger partial charge in [0.25, 0.3) is 0 Å². The van der Waals surface area contributed by atoms with E-state index < -0.39 is 0 Å². The molecule has 0 N–H and O–H groups in total. The first-order chi connectivity index (χ1) is 21.8. The molecule has 0 saturated heterocycles. The summed E-state index contributed by atoms with van der Waals surface area (Å²) in [4.78, 5) is 10.4. The Labute approximate surface area is 254 Å². The molecule has 0 atom stereocenters. The molecule has 4 nitrogen and oxygen atoms in total. The summed E-state index contributed by atoms with van der Waals surface area (Å²) >= 11 is 0. The maximum atomic E-state index is 5.28. The number of para-hydroxylation sites is 3. The Hall–Kier alpha value is -6.00. The predicted molar refractivity (Wildman–Crippen MR) is 182 cm³/mol. The van der Waals surface area contributed by atoms with Crippen LogP contribution in [0, 0.1) is 0 Å². The van der Waals surface area contributed by atoms with Crippen LogP contribution in [-0.2, 0) is 0 Å². The van der Waals surface area contributed by atoms with E-state index in [1.54, 1.807) is 0 Å². The molecule has 6 aromatic carbocycles. The molecule has 0 bridgehead atoms. The molecule has 44 heavy (non-hydrogen) atoms. The van der Waals surface area contributed by atoms with Gasteiger partial charge in [-0.1, -0.05) is 127 Å². The number of aromatic nitrogens is 4. The van der Waals surface area contributed by atoms with Gasteiger partial charge >= 0.3 is 0 Å². The molecule has 0 radical (unpaired) electrons. The van der Waals surface area contributed by atoms with Crippen LogP contribution in [0.5, 0.6) is 0 Å². The second-order valence-corrected chi connectivity index (χ2v) is 11.1. The highest BCUT2D eigenvalue weighted by atomic mass is 15.1. The largest absolute Gasteiger partial charge is 0.307 e. The minimum atomic E-state index is 0.698. The smallest absolute Gasteiger partial charge is 0.162 e. The van der Waals surface area contributed by atoms with Gasteiger partial charge in [0.05, 0.1) is 27.8 Å². The average Bonchev–Trinajstić information content (AvgIpc) is 3.62. The fraction of sp³-hybridized carbons (Fsp3) is 0. The molecule has 0 aliphatic heterocycles. The Balaban J connectivity index is 1.48. The highest BCUT2D eigenvalue weighted by Gasteiger charge is 2.22. The summed E-state index contributed by atoms with van der Waals surface area (Å²) in [5.74, 6) is 1.53. The molecule has 0 spiro atoms. The third-order valence-electron chi connectivity index (χ3n) is 8.53. The van der Waals surface area contributed by atoms with Crippen LogP contribution >= 0.6 is 0 Å². The van der Waals surface area contributed by atoms with Gasteiger partial charge in [0, 0.05) is 44.4 Å². The van der Waals surface area contributed by atoms with E-state index in [-0.39, 0.29) is 0 Å². The Kier molecular flexibility index (Phi) is 5.47. The summed E-state index contributed by atoms with van der Waals surface area (Å²) in [7, 11) is 0. The van der Waals surface area contributed by atoms with Crippen molar-refractivity contribution in [2.75, 3.05) is 0 Å². The molecule has 206 valence electrons. The Morgan fingerprint density at radius 2 is 0.886 bits per heavy atom. The van der Waals surface area contributed by atoms with Crippen molar-refractivity contribution in [3.63, 3.8) is 0 Å². The number of fused-ring (bicyclic) bond motifs is 7.